The monoisotopic (exact) mass is 776 g/mol. The SMILES string of the molecule is C[C@@H]1O[C@@H](OCCNC(=O)[C@@H]2CC[C@H](C(=O)NCCO[C@@H]3O[C@@H](C)[C@@H](O)[C@@H](O)[C@@H]3O)N(C(=O)CCCCC(=O)On3c(O)ccc3O)C2)[C@@H](O)[C@H](O)[C@@H]1O. The Kier molecular flexibility index (Phi) is 15.8. The summed E-state index contributed by atoms with van der Waals surface area (Å²) in [5.74, 6) is -3.87. The van der Waals surface area contributed by atoms with Crippen LogP contribution in [0.4, 0.5) is 0 Å². The van der Waals surface area contributed by atoms with Crippen molar-refractivity contribution in [1.82, 2.24) is 20.3 Å². The highest BCUT2D eigenvalue weighted by molar-refractivity contribution is 5.89. The van der Waals surface area contributed by atoms with Gasteiger partial charge in [-0.25, -0.2) is 4.79 Å². The number of nitrogens with one attached hydrogen (secondary N) is 2. The molecule has 3 aliphatic heterocycles. The summed E-state index contributed by atoms with van der Waals surface area (Å²) >= 11 is 0. The Morgan fingerprint density at radius 1 is 0.722 bits per heavy atom. The maximum Gasteiger partial charge on any atom is 0.333 e. The molecule has 3 fully saturated rings. The molecule has 0 radical (unpaired) electrons. The molecule has 0 aliphatic carbocycles. The number of piperidine rings is 1. The number of carbonyl (C=O) groups is 4. The summed E-state index contributed by atoms with van der Waals surface area (Å²) in [4.78, 5) is 58.4. The molecule has 0 aromatic carbocycles. The van der Waals surface area contributed by atoms with Gasteiger partial charge in [-0.1, -0.05) is 0 Å². The second-order valence-electron chi connectivity index (χ2n) is 13.5. The van der Waals surface area contributed by atoms with Crippen LogP contribution in [-0.4, -0.2) is 174 Å². The van der Waals surface area contributed by atoms with Gasteiger partial charge in [0.05, 0.1) is 31.3 Å². The highest BCUT2D eigenvalue weighted by Gasteiger charge is 2.44. The van der Waals surface area contributed by atoms with E-state index in [1.54, 1.807) is 0 Å². The van der Waals surface area contributed by atoms with Crippen molar-refractivity contribution in [3.8, 4) is 11.8 Å². The summed E-state index contributed by atoms with van der Waals surface area (Å²) in [6.07, 6.45) is -12.2. The first-order valence-electron chi connectivity index (χ1n) is 17.9. The predicted molar refractivity (Wildman–Crippen MR) is 179 cm³/mol. The molecule has 4 rings (SSSR count). The lowest BCUT2D eigenvalue weighted by molar-refractivity contribution is -0.292. The minimum absolute atomic E-state index is 0.0182. The maximum absolute atomic E-state index is 13.5. The topological polar surface area (TPSA) is 308 Å². The molecule has 54 heavy (non-hydrogen) atoms. The summed E-state index contributed by atoms with van der Waals surface area (Å²) < 4.78 is 22.2. The minimum Gasteiger partial charge on any atom is -0.492 e. The Balaban J connectivity index is 1.28. The van der Waals surface area contributed by atoms with Gasteiger partial charge in [-0.05, 0) is 39.5 Å². The van der Waals surface area contributed by atoms with Crippen LogP contribution in [0.1, 0.15) is 52.4 Å². The first kappa shape index (κ1) is 43.1. The molecule has 3 saturated heterocycles. The normalized spacial score (nSPS) is 32.9. The fourth-order valence-electron chi connectivity index (χ4n) is 6.33. The van der Waals surface area contributed by atoms with Crippen molar-refractivity contribution in [3.05, 3.63) is 12.1 Å². The molecular formula is C33H52N4O17. The number of nitrogens with zero attached hydrogens (tertiary/aromatic N) is 2. The molecule has 0 spiro atoms. The van der Waals surface area contributed by atoms with Gasteiger partial charge in [0.1, 0.15) is 42.7 Å². The Bertz CT molecular complexity index is 1390. The van der Waals surface area contributed by atoms with E-state index in [9.17, 15) is 60.0 Å². The summed E-state index contributed by atoms with van der Waals surface area (Å²) in [6, 6.07) is 1.30. The van der Waals surface area contributed by atoms with Crippen molar-refractivity contribution in [3.63, 3.8) is 0 Å². The largest absolute Gasteiger partial charge is 0.492 e. The zero-order valence-electron chi connectivity index (χ0n) is 30.0. The van der Waals surface area contributed by atoms with Crippen LogP contribution in [0.15, 0.2) is 12.1 Å². The molecule has 0 bridgehead atoms. The van der Waals surface area contributed by atoms with Crippen molar-refractivity contribution in [2.24, 2.45) is 5.92 Å². The van der Waals surface area contributed by atoms with Gasteiger partial charge in [-0.3, -0.25) is 14.4 Å². The van der Waals surface area contributed by atoms with Gasteiger partial charge in [0.25, 0.3) is 0 Å². The number of ether oxygens (including phenoxy) is 4. The minimum atomic E-state index is -1.53. The number of unbranched alkanes of at least 4 members (excludes halogenated alkanes) is 1. The Morgan fingerprint density at radius 3 is 1.76 bits per heavy atom. The van der Waals surface area contributed by atoms with E-state index in [2.05, 4.69) is 10.6 Å². The van der Waals surface area contributed by atoms with Crippen LogP contribution in [0.2, 0.25) is 0 Å². The Labute approximate surface area is 310 Å². The third-order valence-electron chi connectivity index (χ3n) is 9.57. The summed E-state index contributed by atoms with van der Waals surface area (Å²) in [7, 11) is 0. The number of rotatable bonds is 16. The van der Waals surface area contributed by atoms with E-state index in [1.807, 2.05) is 0 Å². The number of hydrogen-bond acceptors (Lipinski definition) is 17. The average Bonchev–Trinajstić information content (AvgIpc) is 3.47. The smallest absolute Gasteiger partial charge is 0.333 e. The molecule has 306 valence electrons. The Morgan fingerprint density at radius 2 is 1.22 bits per heavy atom. The number of aliphatic hydroxyl groups is 6. The van der Waals surface area contributed by atoms with E-state index < -0.39 is 109 Å². The second-order valence-corrected chi connectivity index (χ2v) is 13.5. The van der Waals surface area contributed by atoms with Crippen LogP contribution in [0, 0.1) is 5.92 Å². The molecule has 0 saturated carbocycles. The molecule has 0 unspecified atom stereocenters. The summed E-state index contributed by atoms with van der Waals surface area (Å²) in [5.41, 5.74) is 0. The number of aromatic nitrogens is 1. The van der Waals surface area contributed by atoms with Crippen molar-refractivity contribution in [2.75, 3.05) is 32.8 Å². The lowest BCUT2D eigenvalue weighted by Gasteiger charge is -2.39. The van der Waals surface area contributed by atoms with E-state index in [1.165, 1.54) is 18.7 Å². The van der Waals surface area contributed by atoms with Crippen LogP contribution < -0.4 is 15.5 Å². The van der Waals surface area contributed by atoms with Crippen LogP contribution >= 0.6 is 0 Å². The first-order valence-corrected chi connectivity index (χ1v) is 17.9. The first-order chi connectivity index (χ1) is 25.6. The van der Waals surface area contributed by atoms with E-state index >= 15 is 0 Å². The zero-order valence-corrected chi connectivity index (χ0v) is 30.0. The molecule has 21 nitrogen and oxygen atoms in total. The third kappa shape index (κ3) is 11.0. The summed E-state index contributed by atoms with van der Waals surface area (Å²) in [5, 5.41) is 84.6. The fraction of sp³-hybridized carbons (Fsp3) is 0.758. The lowest BCUT2D eigenvalue weighted by Crippen LogP contribution is -2.58. The second kappa shape index (κ2) is 19.8. The standard InChI is InChI=1S/C33H52N4O17/c1-16-24(42)26(44)28(46)32(52-16)50-13-11-34-30(48)18-7-8-19(31(49)35-12-14-51-33-29(47)27(45)25(43)17(2)53-33)36(15-18)20(38)5-3-4-6-23(41)54-37-21(39)9-10-22(37)40/h9-10,16-19,24-29,32-33,39-40,42-47H,3-8,11-15H2,1-2H3,(H,34,48)(H,35,49)/t16-,17-,18+,19+,24+,25+,26+,27+,28-,29-,32+,33+/m0/s1. The number of aliphatic hydroxyl groups excluding tert-OH is 6. The van der Waals surface area contributed by atoms with Crippen molar-refractivity contribution in [1.29, 1.82) is 0 Å². The molecular weight excluding hydrogens is 724 g/mol. The maximum atomic E-state index is 13.5. The van der Waals surface area contributed by atoms with Crippen molar-refractivity contribution >= 4 is 23.7 Å². The molecule has 21 heteroatoms. The van der Waals surface area contributed by atoms with E-state index in [4.69, 9.17) is 23.8 Å². The van der Waals surface area contributed by atoms with Gasteiger partial charge in [-0.2, -0.15) is 0 Å². The highest BCUT2D eigenvalue weighted by atomic mass is 16.7. The van der Waals surface area contributed by atoms with Crippen LogP contribution in [0.25, 0.3) is 0 Å². The van der Waals surface area contributed by atoms with Gasteiger partial charge < -0.3 is 80.2 Å². The lowest BCUT2D eigenvalue weighted by atomic mass is 9.91. The molecule has 10 N–H and O–H groups in total. The average molecular weight is 777 g/mol. The fourth-order valence-corrected chi connectivity index (χ4v) is 6.33. The van der Waals surface area contributed by atoms with E-state index in [-0.39, 0.29) is 71.4 Å². The van der Waals surface area contributed by atoms with Gasteiger partial charge in [0, 0.05) is 44.6 Å². The van der Waals surface area contributed by atoms with Crippen LogP contribution in [-0.2, 0) is 38.1 Å². The number of likely N-dealkylation sites (tertiary alicyclic amines) is 1. The molecule has 1 aromatic heterocycles. The van der Waals surface area contributed by atoms with Crippen LogP contribution in [0.5, 0.6) is 11.8 Å². The van der Waals surface area contributed by atoms with Crippen LogP contribution in [0.3, 0.4) is 0 Å². The number of hydrogen-bond donors (Lipinski definition) is 10. The molecule has 1 aromatic rings. The third-order valence-corrected chi connectivity index (χ3v) is 9.57. The van der Waals surface area contributed by atoms with Gasteiger partial charge in [-0.15, -0.1) is 4.73 Å². The molecule has 4 heterocycles. The highest BCUT2D eigenvalue weighted by Crippen LogP contribution is 2.26. The number of amides is 3. The number of carbonyl (C=O) groups excluding carboxylic acids is 4. The Hall–Kier alpha value is -3.64. The zero-order chi connectivity index (χ0) is 39.7. The van der Waals surface area contributed by atoms with Crippen molar-refractivity contribution < 1.29 is 83.8 Å². The quantitative estimate of drug-likeness (QED) is 0.0714. The van der Waals surface area contributed by atoms with E-state index in [0.717, 1.165) is 12.1 Å². The number of aromatic hydroxyl groups is 2. The van der Waals surface area contributed by atoms with Gasteiger partial charge in [0.2, 0.25) is 29.5 Å². The summed E-state index contributed by atoms with van der Waals surface area (Å²) in [6.45, 7) is 2.55. The van der Waals surface area contributed by atoms with E-state index in [0.29, 0.717) is 4.73 Å². The molecule has 3 aliphatic rings. The van der Waals surface area contributed by atoms with Gasteiger partial charge in [0.15, 0.2) is 12.6 Å². The molecule has 3 amide bonds. The van der Waals surface area contributed by atoms with Gasteiger partial charge >= 0.3 is 5.97 Å². The van der Waals surface area contributed by atoms with Crippen molar-refractivity contribution in [2.45, 2.75) is 120 Å². The molecule has 12 atom stereocenters. The predicted octanol–water partition coefficient (Wildman–Crippen LogP) is -4.06.